The number of benzene rings is 1. The molecule has 0 bridgehead atoms. The lowest BCUT2D eigenvalue weighted by atomic mass is 9.75. The number of carbonyl (C=O) groups is 1. The summed E-state index contributed by atoms with van der Waals surface area (Å²) in [6, 6.07) is 5.77. The highest BCUT2D eigenvalue weighted by atomic mass is 32.2. The topological polar surface area (TPSA) is 64.2 Å². The van der Waals surface area contributed by atoms with Crippen LogP contribution in [0, 0.1) is 17.8 Å². The quantitative estimate of drug-likeness (QED) is 0.529. The summed E-state index contributed by atoms with van der Waals surface area (Å²) in [6.07, 6.45) is 3.40. The van der Waals surface area contributed by atoms with Crippen molar-refractivity contribution in [3.63, 3.8) is 0 Å². The lowest BCUT2D eigenvalue weighted by Crippen LogP contribution is -2.36. The van der Waals surface area contributed by atoms with Gasteiger partial charge in [0.15, 0.2) is 5.16 Å². The zero-order valence-electron chi connectivity index (χ0n) is 16.7. The van der Waals surface area contributed by atoms with Crippen molar-refractivity contribution < 1.29 is 14.3 Å². The van der Waals surface area contributed by atoms with Gasteiger partial charge in [-0.05, 0) is 49.7 Å². The molecule has 1 aromatic carbocycles. The van der Waals surface area contributed by atoms with E-state index in [0.717, 1.165) is 34.8 Å². The number of ether oxygens (including phenoxy) is 2. The van der Waals surface area contributed by atoms with Gasteiger partial charge in [0.2, 0.25) is 0 Å². The largest absolute Gasteiger partial charge is 0.494 e. The van der Waals surface area contributed by atoms with E-state index >= 15 is 0 Å². The van der Waals surface area contributed by atoms with Crippen LogP contribution in [0.25, 0.3) is 11.0 Å². The standard InChI is InChI=1S/C21H30N2O3S/c1-5-25-15-7-9-17-18(11-15)23-21(22-17)27-12-20(24)26-19-10-14(4)6-8-16(19)13(2)3/h7,9,11,13-14,16,19H,5-6,8,10,12H2,1-4H3,(H,22,23)/t14-,16-,19+/m1/s1. The Bertz CT molecular complexity index is 774. The van der Waals surface area contributed by atoms with Crippen LogP contribution in [-0.2, 0) is 9.53 Å². The summed E-state index contributed by atoms with van der Waals surface area (Å²) < 4.78 is 11.4. The SMILES string of the molecule is CCOc1ccc2nc(SCC(=O)O[C@H]3C[C@H](C)CC[C@@H]3C(C)C)[nH]c2c1. The third kappa shape index (κ3) is 5.18. The van der Waals surface area contributed by atoms with Gasteiger partial charge in [-0.3, -0.25) is 4.79 Å². The van der Waals surface area contributed by atoms with Gasteiger partial charge in [-0.2, -0.15) is 0 Å². The number of nitrogens with zero attached hydrogens (tertiary/aromatic N) is 1. The summed E-state index contributed by atoms with van der Waals surface area (Å²) in [5, 5.41) is 0.730. The molecule has 1 heterocycles. The minimum absolute atomic E-state index is 0.0475. The molecule has 3 rings (SSSR count). The van der Waals surface area contributed by atoms with E-state index in [-0.39, 0.29) is 17.8 Å². The molecule has 0 amide bonds. The molecular weight excluding hydrogens is 360 g/mol. The first-order valence-corrected chi connectivity index (χ1v) is 10.9. The fraction of sp³-hybridized carbons (Fsp3) is 0.619. The first-order chi connectivity index (χ1) is 13.0. The van der Waals surface area contributed by atoms with Crippen molar-refractivity contribution in [3.05, 3.63) is 18.2 Å². The molecule has 148 valence electrons. The molecule has 1 aromatic heterocycles. The number of thioether (sulfide) groups is 1. The van der Waals surface area contributed by atoms with Gasteiger partial charge in [-0.15, -0.1) is 0 Å². The van der Waals surface area contributed by atoms with Crippen LogP contribution in [-0.4, -0.2) is 34.4 Å². The van der Waals surface area contributed by atoms with Crippen molar-refractivity contribution in [3.8, 4) is 5.75 Å². The van der Waals surface area contributed by atoms with Gasteiger partial charge in [-0.1, -0.05) is 39.0 Å². The molecule has 1 aliphatic rings. The third-order valence-electron chi connectivity index (χ3n) is 5.31. The minimum atomic E-state index is -0.153. The Hall–Kier alpha value is -1.69. The molecule has 0 aliphatic heterocycles. The molecule has 5 nitrogen and oxygen atoms in total. The fourth-order valence-corrected chi connectivity index (χ4v) is 4.54. The van der Waals surface area contributed by atoms with Crippen LogP contribution in [0.5, 0.6) is 5.75 Å². The summed E-state index contributed by atoms with van der Waals surface area (Å²) in [5.74, 6) is 2.57. The molecule has 1 fully saturated rings. The smallest absolute Gasteiger partial charge is 0.316 e. The highest BCUT2D eigenvalue weighted by molar-refractivity contribution is 7.99. The molecule has 2 aromatic rings. The zero-order chi connectivity index (χ0) is 19.4. The van der Waals surface area contributed by atoms with E-state index in [2.05, 4.69) is 30.7 Å². The van der Waals surface area contributed by atoms with Crippen molar-refractivity contribution in [2.24, 2.45) is 17.8 Å². The monoisotopic (exact) mass is 390 g/mol. The van der Waals surface area contributed by atoms with Crippen LogP contribution in [0.2, 0.25) is 0 Å². The molecule has 0 saturated heterocycles. The van der Waals surface area contributed by atoms with Crippen LogP contribution in [0.4, 0.5) is 0 Å². The van der Waals surface area contributed by atoms with E-state index in [1.807, 2.05) is 25.1 Å². The Morgan fingerprint density at radius 2 is 2.19 bits per heavy atom. The van der Waals surface area contributed by atoms with Gasteiger partial charge >= 0.3 is 5.97 Å². The number of H-pyrrole nitrogens is 1. The first kappa shape index (κ1) is 20.1. The van der Waals surface area contributed by atoms with Gasteiger partial charge in [0.1, 0.15) is 11.9 Å². The number of carbonyl (C=O) groups excluding carboxylic acids is 1. The summed E-state index contributed by atoms with van der Waals surface area (Å²) in [7, 11) is 0. The van der Waals surface area contributed by atoms with E-state index in [0.29, 0.717) is 24.4 Å². The second kappa shape index (κ2) is 9.00. The normalized spacial score (nSPS) is 22.9. The molecule has 0 spiro atoms. The molecule has 0 unspecified atom stereocenters. The Morgan fingerprint density at radius 1 is 1.37 bits per heavy atom. The average molecular weight is 391 g/mol. The lowest BCUT2D eigenvalue weighted by molar-refractivity contribution is -0.152. The van der Waals surface area contributed by atoms with Gasteiger partial charge in [-0.25, -0.2) is 4.98 Å². The van der Waals surface area contributed by atoms with Crippen LogP contribution in [0.3, 0.4) is 0 Å². The molecule has 0 radical (unpaired) electrons. The maximum Gasteiger partial charge on any atom is 0.316 e. The van der Waals surface area contributed by atoms with Crippen LogP contribution in [0.1, 0.15) is 47.0 Å². The van der Waals surface area contributed by atoms with E-state index in [1.54, 1.807) is 0 Å². The molecule has 3 atom stereocenters. The number of rotatable bonds is 7. The van der Waals surface area contributed by atoms with Gasteiger partial charge in [0.25, 0.3) is 0 Å². The maximum absolute atomic E-state index is 12.4. The number of esters is 1. The van der Waals surface area contributed by atoms with E-state index in [9.17, 15) is 4.79 Å². The second-order valence-electron chi connectivity index (χ2n) is 7.80. The highest BCUT2D eigenvalue weighted by Gasteiger charge is 2.33. The summed E-state index contributed by atoms with van der Waals surface area (Å²) >= 11 is 1.39. The maximum atomic E-state index is 12.4. The van der Waals surface area contributed by atoms with E-state index in [4.69, 9.17) is 9.47 Å². The number of fused-ring (bicyclic) bond motifs is 1. The van der Waals surface area contributed by atoms with Crippen LogP contribution < -0.4 is 4.74 Å². The number of hydrogen-bond donors (Lipinski definition) is 1. The number of aromatic nitrogens is 2. The summed E-state index contributed by atoms with van der Waals surface area (Å²) in [6.45, 7) is 9.28. The number of aromatic amines is 1. The fourth-order valence-electron chi connectivity index (χ4n) is 3.87. The molecule has 6 heteroatoms. The predicted molar refractivity (Wildman–Crippen MR) is 109 cm³/mol. The zero-order valence-corrected chi connectivity index (χ0v) is 17.5. The average Bonchev–Trinajstić information content (AvgIpc) is 3.02. The number of imidazole rings is 1. The van der Waals surface area contributed by atoms with Gasteiger partial charge < -0.3 is 14.5 Å². The lowest BCUT2D eigenvalue weighted by Gasteiger charge is -2.36. The molecule has 1 saturated carbocycles. The van der Waals surface area contributed by atoms with Crippen molar-refractivity contribution in [1.29, 1.82) is 0 Å². The van der Waals surface area contributed by atoms with Crippen molar-refractivity contribution in [2.45, 2.75) is 58.2 Å². The first-order valence-electron chi connectivity index (χ1n) is 9.91. The number of nitrogens with one attached hydrogen (secondary N) is 1. The Morgan fingerprint density at radius 3 is 2.93 bits per heavy atom. The minimum Gasteiger partial charge on any atom is -0.494 e. The van der Waals surface area contributed by atoms with E-state index in [1.165, 1.54) is 18.2 Å². The van der Waals surface area contributed by atoms with Crippen LogP contribution in [0.15, 0.2) is 23.4 Å². The highest BCUT2D eigenvalue weighted by Crippen LogP contribution is 2.35. The second-order valence-corrected chi connectivity index (χ2v) is 8.76. The van der Waals surface area contributed by atoms with Crippen molar-refractivity contribution in [1.82, 2.24) is 9.97 Å². The molecular formula is C21H30N2O3S. The third-order valence-corrected chi connectivity index (χ3v) is 6.16. The van der Waals surface area contributed by atoms with Gasteiger partial charge in [0, 0.05) is 6.07 Å². The predicted octanol–water partition coefficient (Wildman–Crippen LogP) is 5.06. The Labute approximate surface area is 165 Å². The Balaban J connectivity index is 1.57. The van der Waals surface area contributed by atoms with Crippen molar-refractivity contribution >= 4 is 28.8 Å². The molecule has 27 heavy (non-hydrogen) atoms. The summed E-state index contributed by atoms with van der Waals surface area (Å²) in [5.41, 5.74) is 1.79. The van der Waals surface area contributed by atoms with Crippen molar-refractivity contribution in [2.75, 3.05) is 12.4 Å². The Kier molecular flexibility index (Phi) is 6.68. The molecule has 1 aliphatic carbocycles. The number of hydrogen-bond acceptors (Lipinski definition) is 5. The summed E-state index contributed by atoms with van der Waals surface area (Å²) in [4.78, 5) is 20.2. The van der Waals surface area contributed by atoms with Gasteiger partial charge in [0.05, 0.1) is 23.4 Å². The molecule has 1 N–H and O–H groups in total. The van der Waals surface area contributed by atoms with Crippen LogP contribution >= 0.6 is 11.8 Å². The van der Waals surface area contributed by atoms with E-state index < -0.39 is 0 Å².